The molecular formula is C95H81N19O23. The highest BCUT2D eigenvalue weighted by molar-refractivity contribution is 6.10. The average molecular weight is 1860 g/mol. The number of carboxylic acid groups (broad SMARTS) is 2. The van der Waals surface area contributed by atoms with Crippen molar-refractivity contribution in [3.05, 3.63) is 296 Å². The van der Waals surface area contributed by atoms with E-state index in [4.69, 9.17) is 78.7 Å². The molecule has 8 aromatic carbocycles. The first-order valence-electron chi connectivity index (χ1n) is 41.9. The fourth-order valence-electron chi connectivity index (χ4n) is 15.3. The number of aromatic nitrogens is 16. The minimum Gasteiger partial charge on any atom is -0.485 e. The van der Waals surface area contributed by atoms with Gasteiger partial charge >= 0.3 is 34.4 Å². The van der Waals surface area contributed by atoms with Crippen LogP contribution in [0.15, 0.2) is 222 Å². The van der Waals surface area contributed by atoms with Crippen LogP contribution in [0.4, 0.5) is 0 Å². The number of aromatic carboxylic acids is 2. The number of hydrogen-bond acceptors (Lipinski definition) is 36. The van der Waals surface area contributed by atoms with E-state index >= 15 is 0 Å². The minimum absolute atomic E-state index is 0. The molecule has 21 rings (SSSR count). The van der Waals surface area contributed by atoms with E-state index in [-0.39, 0.29) is 57.1 Å². The molecule has 0 saturated carbocycles. The van der Waals surface area contributed by atoms with Crippen molar-refractivity contribution in [2.24, 2.45) is 15.4 Å². The maximum Gasteiger partial charge on any atom is 0.371 e. The van der Waals surface area contributed by atoms with Crippen LogP contribution >= 0.6 is 0 Å². The van der Waals surface area contributed by atoms with Gasteiger partial charge in [0.25, 0.3) is 0 Å². The largest absolute Gasteiger partial charge is 0.485 e. The zero-order valence-electron chi connectivity index (χ0n) is 73.9. The van der Waals surface area contributed by atoms with Crippen LogP contribution in [0.1, 0.15) is 158 Å². The Morgan fingerprint density at radius 2 is 0.693 bits per heavy atom. The summed E-state index contributed by atoms with van der Waals surface area (Å²) in [6, 6.07) is 44.0. The number of rotatable bonds is 25. The Kier molecular flexibility index (Phi) is 25.4. The van der Waals surface area contributed by atoms with Gasteiger partial charge in [0.05, 0.1) is 21.5 Å². The number of nitrogens with zero attached hydrogens (tertiary/aromatic N) is 15. The van der Waals surface area contributed by atoms with Crippen molar-refractivity contribution in [1.82, 2.24) is 82.5 Å². The van der Waals surface area contributed by atoms with E-state index in [1.165, 1.54) is 24.3 Å². The average Bonchev–Trinajstić information content (AvgIpc) is 1.01. The van der Waals surface area contributed by atoms with E-state index in [0.29, 0.717) is 182 Å². The number of furan rings is 4. The maximum atomic E-state index is 13.1. The molecule has 42 nitrogen and oxygen atoms in total. The predicted octanol–water partition coefficient (Wildman–Crippen LogP) is 17.3. The Hall–Kier alpha value is -18.2. The summed E-state index contributed by atoms with van der Waals surface area (Å²) < 4.78 is 86.2. The first kappa shape index (κ1) is 90.8. The van der Waals surface area contributed by atoms with Gasteiger partial charge in [-0.1, -0.05) is 40.8 Å². The summed E-state index contributed by atoms with van der Waals surface area (Å²) >= 11 is 0. The van der Waals surface area contributed by atoms with Gasteiger partial charge < -0.3 is 78.7 Å². The summed E-state index contributed by atoms with van der Waals surface area (Å²) in [5.74, 6) is 5.61. The highest BCUT2D eigenvalue weighted by Gasteiger charge is 2.26. The van der Waals surface area contributed by atoms with E-state index in [0.717, 1.165) is 60.1 Å². The Morgan fingerprint density at radius 3 is 1.09 bits per heavy atom. The molecule has 0 bridgehead atoms. The van der Waals surface area contributed by atoms with Crippen LogP contribution in [-0.4, -0.2) is 117 Å². The number of aryl methyl sites for hydroxylation is 8. The van der Waals surface area contributed by atoms with Crippen molar-refractivity contribution in [3.63, 3.8) is 0 Å². The fraction of sp³-hybridized carbons (Fsp3) is 0.211. The zero-order chi connectivity index (χ0) is 94.9. The SMILES string of the molecule is C.Cc1cc2c(cc1OC(C)c1nn[nH]n1)c(=O)oc1c(C)c(OC(C)c3nn[nH]n3)ccc12.Cc1cc2c(cc1OCc1ccc(-c3nn[nH]n3)o1)c(=O)oc1c(C)c(OCc3ccc(C4=NN=NC4)o3)ccc12.Cc1cc2c(cc1OCc1ccc(C(=O)O)o1)c(=O)oc1c(C)c(OCc3ccc(C(=O)O)o3)ccc12.Cc1ccc2c(=O)oc3c(C)c(OC(C)c4nn[nH]n4)ccc3c2c1. The number of benzene rings is 8. The number of fused-ring (bicyclic) bond motifs is 12. The molecule has 694 valence electrons. The molecule has 0 saturated heterocycles. The lowest BCUT2D eigenvalue weighted by atomic mass is 10.0. The summed E-state index contributed by atoms with van der Waals surface area (Å²) in [6.07, 6.45) is -1.27. The predicted molar refractivity (Wildman–Crippen MR) is 490 cm³/mol. The molecule has 42 heteroatoms. The van der Waals surface area contributed by atoms with Crippen molar-refractivity contribution in [1.29, 1.82) is 0 Å². The normalized spacial score (nSPS) is 12.4. The van der Waals surface area contributed by atoms with Crippen molar-refractivity contribution in [3.8, 4) is 51.8 Å². The minimum atomic E-state index is -1.17. The molecule has 0 aliphatic carbocycles. The summed E-state index contributed by atoms with van der Waals surface area (Å²) in [7, 11) is 0. The molecule has 0 spiro atoms. The number of hydrogen-bond donors (Lipinski definition) is 6. The van der Waals surface area contributed by atoms with E-state index in [2.05, 4.69) is 97.9 Å². The van der Waals surface area contributed by atoms with Gasteiger partial charge in [0.2, 0.25) is 34.8 Å². The maximum absolute atomic E-state index is 13.1. The molecule has 20 aromatic rings. The van der Waals surface area contributed by atoms with Gasteiger partial charge in [-0.15, -0.1) is 45.9 Å². The summed E-state index contributed by atoms with van der Waals surface area (Å²) in [6.45, 7) is 21.2. The second-order valence-electron chi connectivity index (χ2n) is 31.4. The highest BCUT2D eigenvalue weighted by Crippen LogP contribution is 2.41. The third-order valence-electron chi connectivity index (χ3n) is 22.3. The quantitative estimate of drug-likeness (QED) is 0.0229. The van der Waals surface area contributed by atoms with Crippen molar-refractivity contribution in [2.45, 2.75) is 128 Å². The fourth-order valence-corrected chi connectivity index (χ4v) is 15.3. The Labute approximate surface area is 769 Å². The highest BCUT2D eigenvalue weighted by atomic mass is 16.5. The first-order valence-corrected chi connectivity index (χ1v) is 41.9. The molecule has 1 aliphatic rings. The summed E-state index contributed by atoms with van der Waals surface area (Å²) in [4.78, 5) is 73.2. The smallest absolute Gasteiger partial charge is 0.371 e. The summed E-state index contributed by atoms with van der Waals surface area (Å²) in [5.41, 5.74) is 6.95. The second-order valence-corrected chi connectivity index (χ2v) is 31.4. The van der Waals surface area contributed by atoms with Crippen LogP contribution in [-0.2, 0) is 26.4 Å². The van der Waals surface area contributed by atoms with E-state index < -0.39 is 41.0 Å². The van der Waals surface area contributed by atoms with Gasteiger partial charge in [0.15, 0.2) is 29.8 Å². The molecule has 0 amide bonds. The molecule has 1 aliphatic heterocycles. The molecule has 0 fully saturated rings. The molecule has 13 heterocycles. The molecule has 12 aromatic heterocycles. The number of tetrazole rings is 4. The molecule has 6 N–H and O–H groups in total. The van der Waals surface area contributed by atoms with Gasteiger partial charge in [0, 0.05) is 65.3 Å². The lowest BCUT2D eigenvalue weighted by Crippen LogP contribution is -2.08. The van der Waals surface area contributed by atoms with Crippen molar-refractivity contribution in [2.75, 3.05) is 6.54 Å². The van der Waals surface area contributed by atoms with Gasteiger partial charge in [0.1, 0.15) is 124 Å². The zero-order valence-corrected chi connectivity index (χ0v) is 73.9. The van der Waals surface area contributed by atoms with Crippen molar-refractivity contribution >= 4 is 105 Å². The molecular weight excluding hydrogens is 1780 g/mol. The van der Waals surface area contributed by atoms with Gasteiger partial charge in [-0.2, -0.15) is 26.0 Å². The number of ether oxygens (including phenoxy) is 7. The van der Waals surface area contributed by atoms with Crippen LogP contribution in [0, 0.1) is 55.4 Å². The number of aromatic amines is 4. The van der Waals surface area contributed by atoms with Crippen LogP contribution in [0.3, 0.4) is 0 Å². The number of nitrogens with one attached hydrogen (secondary N) is 4. The Balaban J connectivity index is 0.000000128. The van der Waals surface area contributed by atoms with E-state index in [9.17, 15) is 28.8 Å². The first-order chi connectivity index (χ1) is 65.7. The number of carboxylic acids is 2. The second kappa shape index (κ2) is 38.3. The molecule has 3 unspecified atom stereocenters. The lowest BCUT2D eigenvalue weighted by Gasteiger charge is -2.16. The molecule has 137 heavy (non-hydrogen) atoms. The summed E-state index contributed by atoms with van der Waals surface area (Å²) in [5, 5.41) is 92.5. The van der Waals surface area contributed by atoms with E-state index in [1.54, 1.807) is 62.4 Å². The van der Waals surface area contributed by atoms with Crippen LogP contribution < -0.4 is 55.7 Å². The standard InChI is InChI=1S/C28H21N7O6.C27H20O10.C21H20N8O4.C18H16N4O3.CH4/c1-14-9-19-18-5-8-22(37-12-16-3-6-23(39-16)21-11-29-33-30-21)15(2)26(18)41-28(36)20(19)10-25(14)38-13-17-4-7-24(40-17)27-31-34-35-32-27;1-13-9-18-17-5-8-20(33-11-15-3-6-21(35-15)25(28)29)14(2)24(17)37-27(32)19(18)10-23(13)34-12-16-4-7-22(36-16)26(30)31;1-9-7-14-13-5-6-16(31-11(3)19-22-26-27-23-19)10(2)18(13)33-21(30)15(14)8-17(9)32-12(4)20-24-28-29-25-20;1-9-4-5-13-14(8-9)12-6-7-15(10(2)16(12)25-18(13)23)24-11(3)17-19-21-22-20-17;/h3-10H,11-13H2,1-2H3,(H,31,32,34,35);3-10H,11-12H2,1-2H3,(H,28,29)(H,30,31);5-8,11-12H,1-4H3,(H,22,23,26,27)(H,24,25,28,29);4-8,11H,1-3H3,(H,19,20,21,22);1H4. The van der Waals surface area contributed by atoms with Crippen LogP contribution in [0.25, 0.3) is 98.6 Å². The van der Waals surface area contributed by atoms with Crippen LogP contribution in [0.5, 0.6) is 40.2 Å². The number of H-pyrrole nitrogens is 4. The van der Waals surface area contributed by atoms with Gasteiger partial charge in [-0.25, -0.2) is 28.8 Å². The topological polar surface area (TPSA) is 568 Å². The third-order valence-corrected chi connectivity index (χ3v) is 22.3. The third kappa shape index (κ3) is 18.8. The van der Waals surface area contributed by atoms with Gasteiger partial charge in [-0.3, -0.25) is 0 Å². The lowest BCUT2D eigenvalue weighted by molar-refractivity contribution is 0.0648. The van der Waals surface area contributed by atoms with Gasteiger partial charge in [-0.05, 0) is 243 Å². The Morgan fingerprint density at radius 1 is 0.350 bits per heavy atom. The van der Waals surface area contributed by atoms with Crippen LogP contribution in [0.2, 0.25) is 0 Å². The Bertz CT molecular complexity index is 8320. The molecule has 3 atom stereocenters. The number of carbonyl (C=O) groups is 2. The van der Waals surface area contributed by atoms with Crippen molar-refractivity contribution < 1.29 is 88.3 Å². The molecule has 0 radical (unpaired) electrons. The van der Waals surface area contributed by atoms with E-state index in [1.807, 2.05) is 141 Å². The monoisotopic (exact) mass is 1860 g/mol.